The summed E-state index contributed by atoms with van der Waals surface area (Å²) >= 11 is 0. The maximum Gasteiger partial charge on any atom is 0.261 e. The SMILES string of the molecule is Cl.O=C(c1ccc(S(=O)(=O)Nc2ccccc2)cc1)N1CCC2(CCNC2)CC1. The first-order valence-electron chi connectivity index (χ1n) is 9.66. The van der Waals surface area contributed by atoms with Gasteiger partial charge in [-0.05, 0) is 67.6 Å². The number of sulfonamides is 1. The maximum atomic E-state index is 12.8. The van der Waals surface area contributed by atoms with Crippen LogP contribution >= 0.6 is 12.4 Å². The zero-order valence-electron chi connectivity index (χ0n) is 16.1. The van der Waals surface area contributed by atoms with E-state index in [1.807, 2.05) is 11.0 Å². The van der Waals surface area contributed by atoms with Gasteiger partial charge in [-0.2, -0.15) is 0 Å². The number of likely N-dealkylation sites (tertiary alicyclic amines) is 1. The van der Waals surface area contributed by atoms with Crippen molar-refractivity contribution in [3.8, 4) is 0 Å². The second kappa shape index (κ2) is 8.73. The van der Waals surface area contributed by atoms with Gasteiger partial charge in [0.2, 0.25) is 0 Å². The third-order valence-electron chi connectivity index (χ3n) is 5.88. The Morgan fingerprint density at radius 2 is 1.62 bits per heavy atom. The number of carbonyl (C=O) groups excluding carboxylic acids is 1. The molecule has 2 aromatic carbocycles. The van der Waals surface area contributed by atoms with Crippen molar-refractivity contribution in [2.75, 3.05) is 30.9 Å². The van der Waals surface area contributed by atoms with Crippen LogP contribution < -0.4 is 10.0 Å². The molecular weight excluding hydrogens is 410 g/mol. The number of hydrogen-bond donors (Lipinski definition) is 2. The van der Waals surface area contributed by atoms with E-state index in [4.69, 9.17) is 0 Å². The van der Waals surface area contributed by atoms with Gasteiger partial charge in [0.05, 0.1) is 4.90 Å². The van der Waals surface area contributed by atoms with E-state index in [9.17, 15) is 13.2 Å². The molecule has 0 bridgehead atoms. The normalized spacial score (nSPS) is 18.3. The first-order chi connectivity index (χ1) is 13.5. The van der Waals surface area contributed by atoms with Crippen molar-refractivity contribution in [2.45, 2.75) is 24.2 Å². The number of anilines is 1. The second-order valence-corrected chi connectivity index (χ2v) is 9.40. The fraction of sp³-hybridized carbons (Fsp3) is 0.381. The molecular formula is C21H26ClN3O3S. The van der Waals surface area contributed by atoms with Gasteiger partial charge in [-0.3, -0.25) is 9.52 Å². The number of amides is 1. The van der Waals surface area contributed by atoms with Crippen LogP contribution in [0, 0.1) is 5.41 Å². The molecule has 0 unspecified atom stereocenters. The third kappa shape index (κ3) is 4.74. The van der Waals surface area contributed by atoms with Gasteiger partial charge in [0.25, 0.3) is 15.9 Å². The number of nitrogens with one attached hydrogen (secondary N) is 2. The highest BCUT2D eigenvalue weighted by molar-refractivity contribution is 7.92. The minimum Gasteiger partial charge on any atom is -0.339 e. The van der Waals surface area contributed by atoms with E-state index < -0.39 is 10.0 Å². The molecule has 6 nitrogen and oxygen atoms in total. The summed E-state index contributed by atoms with van der Waals surface area (Å²) in [5.41, 5.74) is 1.39. The Bertz CT molecular complexity index is 933. The lowest BCUT2D eigenvalue weighted by atomic mass is 9.78. The lowest BCUT2D eigenvalue weighted by Gasteiger charge is -2.38. The number of rotatable bonds is 4. The van der Waals surface area contributed by atoms with Crippen LogP contribution in [0.2, 0.25) is 0 Å². The van der Waals surface area contributed by atoms with Gasteiger partial charge in [0.15, 0.2) is 0 Å². The first-order valence-corrected chi connectivity index (χ1v) is 11.1. The van der Waals surface area contributed by atoms with Crippen LogP contribution in [0.25, 0.3) is 0 Å². The van der Waals surface area contributed by atoms with Crippen LogP contribution in [0.3, 0.4) is 0 Å². The Labute approximate surface area is 178 Å². The highest BCUT2D eigenvalue weighted by Gasteiger charge is 2.38. The summed E-state index contributed by atoms with van der Waals surface area (Å²) in [6.07, 6.45) is 3.24. The molecule has 0 atom stereocenters. The van der Waals surface area contributed by atoms with Gasteiger partial charge in [-0.15, -0.1) is 12.4 Å². The first kappa shape index (κ1) is 21.6. The fourth-order valence-electron chi connectivity index (χ4n) is 4.09. The van der Waals surface area contributed by atoms with Gasteiger partial charge < -0.3 is 10.2 Å². The zero-order valence-corrected chi connectivity index (χ0v) is 17.8. The van der Waals surface area contributed by atoms with Gasteiger partial charge in [0, 0.05) is 30.9 Å². The number of carbonyl (C=O) groups is 1. The van der Waals surface area contributed by atoms with Crippen LogP contribution in [0.5, 0.6) is 0 Å². The van der Waals surface area contributed by atoms with Crippen molar-refractivity contribution in [3.63, 3.8) is 0 Å². The summed E-state index contributed by atoms with van der Waals surface area (Å²) in [6, 6.07) is 14.9. The molecule has 1 amide bonds. The van der Waals surface area contributed by atoms with Gasteiger partial charge in [0.1, 0.15) is 0 Å². The molecule has 2 aromatic rings. The van der Waals surface area contributed by atoms with Crippen LogP contribution in [0.1, 0.15) is 29.6 Å². The lowest BCUT2D eigenvalue weighted by Crippen LogP contribution is -2.44. The fourth-order valence-corrected chi connectivity index (χ4v) is 5.14. The van der Waals surface area contributed by atoms with Crippen molar-refractivity contribution >= 4 is 34.0 Å². The highest BCUT2D eigenvalue weighted by atomic mass is 35.5. The van der Waals surface area contributed by atoms with Gasteiger partial charge in [-0.25, -0.2) is 8.42 Å². The highest BCUT2D eigenvalue weighted by Crippen LogP contribution is 2.37. The molecule has 2 aliphatic rings. The molecule has 2 saturated heterocycles. The monoisotopic (exact) mass is 435 g/mol. The van der Waals surface area contributed by atoms with E-state index in [0.717, 1.165) is 39.0 Å². The van der Waals surface area contributed by atoms with Crippen LogP contribution in [0.4, 0.5) is 5.69 Å². The van der Waals surface area contributed by atoms with Crippen LogP contribution in [0.15, 0.2) is 59.5 Å². The minimum absolute atomic E-state index is 0. The summed E-state index contributed by atoms with van der Waals surface area (Å²) in [5.74, 6) is -0.0271. The largest absolute Gasteiger partial charge is 0.339 e. The standard InChI is InChI=1S/C21H25N3O3S.ClH/c25-20(24-14-11-21(12-15-24)10-13-22-16-21)17-6-8-19(9-7-17)28(26,27)23-18-4-2-1-3-5-18;/h1-9,22-23H,10-16H2;1H. The van der Waals surface area contributed by atoms with Crippen molar-refractivity contribution in [1.29, 1.82) is 0 Å². The molecule has 0 radical (unpaired) electrons. The number of piperidine rings is 1. The molecule has 4 rings (SSSR count). The van der Waals surface area contributed by atoms with E-state index in [0.29, 0.717) is 16.7 Å². The Balaban J connectivity index is 0.00000240. The van der Waals surface area contributed by atoms with Crippen molar-refractivity contribution in [3.05, 3.63) is 60.2 Å². The average Bonchev–Trinajstić information content (AvgIpc) is 3.16. The Morgan fingerprint density at radius 1 is 0.966 bits per heavy atom. The molecule has 29 heavy (non-hydrogen) atoms. The molecule has 1 spiro atoms. The molecule has 0 saturated carbocycles. The molecule has 8 heteroatoms. The molecule has 2 aliphatic heterocycles. The minimum atomic E-state index is -3.68. The molecule has 0 aromatic heterocycles. The number of halogens is 1. The van der Waals surface area contributed by atoms with E-state index in [1.54, 1.807) is 36.4 Å². The van der Waals surface area contributed by atoms with Crippen LogP contribution in [-0.2, 0) is 10.0 Å². The van der Waals surface area contributed by atoms with E-state index in [2.05, 4.69) is 10.0 Å². The summed E-state index contributed by atoms with van der Waals surface area (Å²) < 4.78 is 27.6. The Hall–Kier alpha value is -2.09. The maximum absolute atomic E-state index is 12.8. The average molecular weight is 436 g/mol. The summed E-state index contributed by atoms with van der Waals surface area (Å²) in [6.45, 7) is 3.64. The smallest absolute Gasteiger partial charge is 0.261 e. The molecule has 156 valence electrons. The number of nitrogens with zero attached hydrogens (tertiary/aromatic N) is 1. The molecule has 2 N–H and O–H groups in total. The predicted octanol–water partition coefficient (Wildman–Crippen LogP) is 3.12. The van der Waals surface area contributed by atoms with Crippen LogP contribution in [-0.4, -0.2) is 45.4 Å². The van der Waals surface area contributed by atoms with Crippen molar-refractivity contribution in [1.82, 2.24) is 10.2 Å². The molecule has 2 fully saturated rings. The van der Waals surface area contributed by atoms with Gasteiger partial charge in [-0.1, -0.05) is 18.2 Å². The number of para-hydroxylation sites is 1. The Morgan fingerprint density at radius 3 is 2.21 bits per heavy atom. The summed E-state index contributed by atoms with van der Waals surface area (Å²) in [4.78, 5) is 14.8. The van der Waals surface area contributed by atoms with E-state index in [1.165, 1.54) is 18.6 Å². The summed E-state index contributed by atoms with van der Waals surface area (Å²) in [5, 5.41) is 3.43. The van der Waals surface area contributed by atoms with Gasteiger partial charge >= 0.3 is 0 Å². The molecule has 0 aliphatic carbocycles. The quantitative estimate of drug-likeness (QED) is 0.773. The zero-order chi connectivity index (χ0) is 19.6. The Kier molecular flexibility index (Phi) is 6.51. The number of hydrogen-bond acceptors (Lipinski definition) is 4. The summed E-state index contributed by atoms with van der Waals surface area (Å²) in [7, 11) is -3.68. The van der Waals surface area contributed by atoms with E-state index in [-0.39, 0.29) is 23.2 Å². The second-order valence-electron chi connectivity index (χ2n) is 7.71. The van der Waals surface area contributed by atoms with E-state index >= 15 is 0 Å². The van der Waals surface area contributed by atoms with Crippen molar-refractivity contribution < 1.29 is 13.2 Å². The predicted molar refractivity (Wildman–Crippen MR) is 116 cm³/mol. The van der Waals surface area contributed by atoms with Crippen molar-refractivity contribution in [2.24, 2.45) is 5.41 Å². The third-order valence-corrected chi connectivity index (χ3v) is 7.28. The number of benzene rings is 2. The lowest BCUT2D eigenvalue weighted by molar-refractivity contribution is 0.0607. The topological polar surface area (TPSA) is 78.5 Å². The molecule has 2 heterocycles.